The molecule has 0 saturated carbocycles. The molecule has 0 rings (SSSR count). The van der Waals surface area contributed by atoms with Gasteiger partial charge in [0, 0.05) is 5.75 Å². The molecular weight excluding hydrogens is 188 g/mol. The summed E-state index contributed by atoms with van der Waals surface area (Å²) in [6.07, 6.45) is 0.651. The first kappa shape index (κ1) is 12.4. The summed E-state index contributed by atoms with van der Waals surface area (Å²) < 4.78 is 0. The number of rotatable bonds is 5. The predicted molar refractivity (Wildman–Crippen MR) is 54.7 cm³/mol. The zero-order valence-corrected chi connectivity index (χ0v) is 8.75. The van der Waals surface area contributed by atoms with E-state index < -0.39 is 12.1 Å². The van der Waals surface area contributed by atoms with Crippen molar-refractivity contribution in [2.45, 2.75) is 25.9 Å². The normalized spacial score (nSPS) is 15.2. The average molecular weight is 204 g/mol. The van der Waals surface area contributed by atoms with Gasteiger partial charge in [0.2, 0.25) is 5.91 Å². The summed E-state index contributed by atoms with van der Waals surface area (Å²) in [4.78, 5) is 21.6. The SMILES string of the molecule is CC(C)[C@@H](N)C(=O)N[C@@H](C=O)CS. The first-order chi connectivity index (χ1) is 6.02. The predicted octanol–water partition coefficient (Wildman–Crippen LogP) is -0.417. The maximum atomic E-state index is 11.3. The van der Waals surface area contributed by atoms with Gasteiger partial charge in [0.15, 0.2) is 0 Å². The monoisotopic (exact) mass is 204 g/mol. The third-order valence-electron chi connectivity index (χ3n) is 1.71. The number of nitrogens with one attached hydrogen (secondary N) is 1. The van der Waals surface area contributed by atoms with Gasteiger partial charge in [0.25, 0.3) is 0 Å². The molecule has 0 heterocycles. The lowest BCUT2D eigenvalue weighted by atomic mass is 10.0. The van der Waals surface area contributed by atoms with Crippen LogP contribution < -0.4 is 11.1 Å². The van der Waals surface area contributed by atoms with Crippen LogP contribution in [-0.2, 0) is 9.59 Å². The Morgan fingerprint density at radius 2 is 2.15 bits per heavy atom. The van der Waals surface area contributed by atoms with Crippen LogP contribution in [0.3, 0.4) is 0 Å². The summed E-state index contributed by atoms with van der Waals surface area (Å²) >= 11 is 3.90. The van der Waals surface area contributed by atoms with Gasteiger partial charge in [-0.15, -0.1) is 0 Å². The minimum Gasteiger partial charge on any atom is -0.344 e. The van der Waals surface area contributed by atoms with E-state index in [0.717, 1.165) is 0 Å². The number of aldehydes is 1. The molecule has 4 nitrogen and oxygen atoms in total. The van der Waals surface area contributed by atoms with Crippen LogP contribution >= 0.6 is 12.6 Å². The van der Waals surface area contributed by atoms with Gasteiger partial charge < -0.3 is 15.8 Å². The van der Waals surface area contributed by atoms with Gasteiger partial charge in [-0.3, -0.25) is 4.79 Å². The molecule has 0 aliphatic heterocycles. The summed E-state index contributed by atoms with van der Waals surface area (Å²) in [5, 5.41) is 2.49. The fourth-order valence-corrected chi connectivity index (χ4v) is 0.882. The van der Waals surface area contributed by atoms with E-state index in [1.54, 1.807) is 0 Å². The van der Waals surface area contributed by atoms with E-state index in [1.165, 1.54) is 0 Å². The summed E-state index contributed by atoms with van der Waals surface area (Å²) in [5.74, 6) is 0.0495. The molecule has 0 aliphatic rings. The number of carbonyl (C=O) groups excluding carboxylic acids is 2. The molecule has 0 aromatic rings. The minimum absolute atomic E-state index is 0.0622. The first-order valence-electron chi connectivity index (χ1n) is 4.15. The van der Waals surface area contributed by atoms with Gasteiger partial charge in [-0.05, 0) is 5.92 Å². The Morgan fingerprint density at radius 1 is 1.62 bits per heavy atom. The summed E-state index contributed by atoms with van der Waals surface area (Å²) in [5.41, 5.74) is 5.56. The molecule has 0 aromatic carbocycles. The van der Waals surface area contributed by atoms with Crippen LogP contribution in [0.4, 0.5) is 0 Å². The quantitative estimate of drug-likeness (QED) is 0.421. The van der Waals surface area contributed by atoms with Gasteiger partial charge in [0.1, 0.15) is 6.29 Å². The lowest BCUT2D eigenvalue weighted by Gasteiger charge is -2.17. The number of carbonyl (C=O) groups is 2. The molecule has 13 heavy (non-hydrogen) atoms. The molecule has 5 heteroatoms. The third kappa shape index (κ3) is 4.28. The van der Waals surface area contributed by atoms with Crippen LogP contribution in [0.15, 0.2) is 0 Å². The molecule has 0 unspecified atom stereocenters. The Kier molecular flexibility index (Phi) is 5.73. The summed E-state index contributed by atoms with van der Waals surface area (Å²) in [6.45, 7) is 3.70. The highest BCUT2D eigenvalue weighted by Crippen LogP contribution is 1.98. The number of nitrogens with two attached hydrogens (primary N) is 1. The fraction of sp³-hybridized carbons (Fsp3) is 0.750. The second-order valence-corrected chi connectivity index (χ2v) is 3.57. The lowest BCUT2D eigenvalue weighted by molar-refractivity contribution is -0.125. The van der Waals surface area contributed by atoms with E-state index in [2.05, 4.69) is 17.9 Å². The van der Waals surface area contributed by atoms with Crippen LogP contribution in [0.25, 0.3) is 0 Å². The highest BCUT2D eigenvalue weighted by molar-refractivity contribution is 7.80. The van der Waals surface area contributed by atoms with Crippen LogP contribution in [0.1, 0.15) is 13.8 Å². The van der Waals surface area contributed by atoms with Crippen LogP contribution in [0.2, 0.25) is 0 Å². The third-order valence-corrected chi connectivity index (χ3v) is 2.10. The zero-order chi connectivity index (χ0) is 10.4. The molecule has 3 N–H and O–H groups in total. The molecule has 0 fully saturated rings. The van der Waals surface area contributed by atoms with Crippen LogP contribution in [0, 0.1) is 5.92 Å². The Bertz CT molecular complexity index is 185. The Morgan fingerprint density at radius 3 is 2.46 bits per heavy atom. The Hall–Kier alpha value is -0.550. The van der Waals surface area contributed by atoms with Crippen molar-refractivity contribution in [3.63, 3.8) is 0 Å². The summed E-state index contributed by atoms with van der Waals surface area (Å²) in [7, 11) is 0. The van der Waals surface area contributed by atoms with E-state index in [1.807, 2.05) is 13.8 Å². The van der Waals surface area contributed by atoms with Gasteiger partial charge in [-0.25, -0.2) is 0 Å². The topological polar surface area (TPSA) is 72.2 Å². The Labute approximate surface area is 83.7 Å². The standard InChI is InChI=1S/C8H16N2O2S/c1-5(2)7(9)8(12)10-6(3-11)4-13/h3,5-7,13H,4,9H2,1-2H3,(H,10,12)/t6-,7+/m0/s1. The fourth-order valence-electron chi connectivity index (χ4n) is 0.704. The Balaban J connectivity index is 4.05. The van der Waals surface area contributed by atoms with Crippen molar-refractivity contribution >= 4 is 24.8 Å². The molecular formula is C8H16N2O2S. The molecule has 0 bridgehead atoms. The molecule has 76 valence electrons. The minimum atomic E-state index is -0.567. The molecule has 2 atom stereocenters. The molecule has 0 saturated heterocycles. The van der Waals surface area contributed by atoms with Gasteiger partial charge in [0.05, 0.1) is 12.1 Å². The van der Waals surface area contributed by atoms with Crippen LogP contribution in [0.5, 0.6) is 0 Å². The van der Waals surface area contributed by atoms with Crippen LogP contribution in [-0.4, -0.2) is 30.0 Å². The number of hydrogen-bond donors (Lipinski definition) is 3. The van der Waals surface area contributed by atoms with E-state index >= 15 is 0 Å². The largest absolute Gasteiger partial charge is 0.344 e. The molecule has 0 spiro atoms. The van der Waals surface area contributed by atoms with Crippen molar-refractivity contribution in [2.75, 3.05) is 5.75 Å². The summed E-state index contributed by atoms with van der Waals surface area (Å²) in [6, 6.07) is -1.11. The van der Waals surface area contributed by atoms with Crippen molar-refractivity contribution in [3.8, 4) is 0 Å². The number of thiol groups is 1. The average Bonchev–Trinajstić information content (AvgIpc) is 2.12. The number of hydrogen-bond acceptors (Lipinski definition) is 4. The van der Waals surface area contributed by atoms with Gasteiger partial charge in [-0.2, -0.15) is 12.6 Å². The zero-order valence-electron chi connectivity index (χ0n) is 7.86. The van der Waals surface area contributed by atoms with Crippen molar-refractivity contribution in [2.24, 2.45) is 11.7 Å². The highest BCUT2D eigenvalue weighted by atomic mass is 32.1. The molecule has 0 aliphatic carbocycles. The van der Waals surface area contributed by atoms with Gasteiger partial charge >= 0.3 is 0 Å². The smallest absolute Gasteiger partial charge is 0.237 e. The van der Waals surface area contributed by atoms with E-state index in [-0.39, 0.29) is 11.8 Å². The maximum absolute atomic E-state index is 11.3. The number of amides is 1. The second kappa shape index (κ2) is 5.99. The highest BCUT2D eigenvalue weighted by Gasteiger charge is 2.19. The van der Waals surface area contributed by atoms with E-state index in [4.69, 9.17) is 5.73 Å². The molecule has 0 aromatic heterocycles. The second-order valence-electron chi connectivity index (χ2n) is 3.20. The van der Waals surface area contributed by atoms with Crippen molar-refractivity contribution < 1.29 is 9.59 Å². The molecule has 1 amide bonds. The lowest BCUT2D eigenvalue weighted by Crippen LogP contribution is -2.48. The van der Waals surface area contributed by atoms with Gasteiger partial charge in [-0.1, -0.05) is 13.8 Å². The first-order valence-corrected chi connectivity index (χ1v) is 4.78. The van der Waals surface area contributed by atoms with Crippen molar-refractivity contribution in [3.05, 3.63) is 0 Å². The van der Waals surface area contributed by atoms with Crippen molar-refractivity contribution in [1.29, 1.82) is 0 Å². The van der Waals surface area contributed by atoms with E-state index in [9.17, 15) is 9.59 Å². The van der Waals surface area contributed by atoms with E-state index in [0.29, 0.717) is 12.0 Å². The maximum Gasteiger partial charge on any atom is 0.237 e. The molecule has 0 radical (unpaired) electrons. The van der Waals surface area contributed by atoms with Crippen molar-refractivity contribution in [1.82, 2.24) is 5.32 Å².